The second kappa shape index (κ2) is 6.95. The van der Waals surface area contributed by atoms with Crippen LogP contribution in [0.4, 0.5) is 4.79 Å². The number of carbonyl (C=O) groups excluding carboxylic acids is 1. The molecule has 0 saturated heterocycles. The van der Waals surface area contributed by atoms with Gasteiger partial charge in [-0.05, 0) is 31.9 Å². The Hall–Kier alpha value is -1.81. The number of alkyl carbamates (subject to hydrolysis) is 1. The largest absolute Gasteiger partial charge is 0.444 e. The molecule has 0 radical (unpaired) electrons. The molecule has 0 aliphatic rings. The second-order valence-corrected chi connectivity index (χ2v) is 5.14. The predicted molar refractivity (Wildman–Crippen MR) is 75.6 cm³/mol. The van der Waals surface area contributed by atoms with Gasteiger partial charge in [0.25, 0.3) is 0 Å². The molecule has 1 rings (SSSR count). The van der Waals surface area contributed by atoms with E-state index in [1.165, 1.54) is 0 Å². The van der Waals surface area contributed by atoms with E-state index in [9.17, 15) is 4.79 Å². The molecule has 19 heavy (non-hydrogen) atoms. The third kappa shape index (κ3) is 6.06. The van der Waals surface area contributed by atoms with Crippen LogP contribution in [0.1, 0.15) is 31.9 Å². The first-order valence-electron chi connectivity index (χ1n) is 6.24. The number of ether oxygens (including phenoxy) is 1. The zero-order valence-corrected chi connectivity index (χ0v) is 11.6. The van der Waals surface area contributed by atoms with Gasteiger partial charge in [-0.15, -0.1) is 0 Å². The zero-order chi connectivity index (χ0) is 14.3. The van der Waals surface area contributed by atoms with Gasteiger partial charge >= 0.3 is 6.09 Å². The van der Waals surface area contributed by atoms with Crippen molar-refractivity contribution in [2.24, 2.45) is 0 Å². The summed E-state index contributed by atoms with van der Waals surface area (Å²) in [5.41, 5.74) is 1.31. The van der Waals surface area contributed by atoms with Gasteiger partial charge in [0.1, 0.15) is 5.60 Å². The molecular weight excluding hydrogens is 242 g/mol. The highest BCUT2D eigenvalue weighted by Gasteiger charge is 2.14. The van der Waals surface area contributed by atoms with E-state index in [4.69, 9.17) is 9.84 Å². The number of amides is 1. The fourth-order valence-electron chi connectivity index (χ4n) is 1.48. The first-order valence-corrected chi connectivity index (χ1v) is 6.24. The van der Waals surface area contributed by atoms with Crippen molar-refractivity contribution in [3.05, 3.63) is 41.5 Å². The summed E-state index contributed by atoms with van der Waals surface area (Å²) in [5, 5.41) is 11.8. The maximum absolute atomic E-state index is 11.4. The standard InChI is InChI=1S/C15H21NO3/c1-15(2,3)19-14(18)16-10-6-9-12-7-4-5-8-13(12)11-17/h4-9,17H,10-11H2,1-3H3,(H,16,18). The van der Waals surface area contributed by atoms with Gasteiger partial charge in [-0.25, -0.2) is 4.79 Å². The maximum atomic E-state index is 11.4. The molecule has 0 aliphatic heterocycles. The Labute approximate surface area is 114 Å². The summed E-state index contributed by atoms with van der Waals surface area (Å²) in [6.07, 6.45) is 3.24. The molecular formula is C15H21NO3. The summed E-state index contributed by atoms with van der Waals surface area (Å²) >= 11 is 0. The van der Waals surface area contributed by atoms with E-state index in [1.54, 1.807) is 0 Å². The van der Waals surface area contributed by atoms with Crippen LogP contribution in [0.5, 0.6) is 0 Å². The molecule has 1 aromatic carbocycles. The minimum absolute atomic E-state index is 0.00000764. The summed E-state index contributed by atoms with van der Waals surface area (Å²) < 4.78 is 5.11. The minimum Gasteiger partial charge on any atom is -0.444 e. The number of nitrogens with one attached hydrogen (secondary N) is 1. The molecule has 0 aromatic heterocycles. The first kappa shape index (κ1) is 15.2. The van der Waals surface area contributed by atoms with Crippen molar-refractivity contribution in [3.63, 3.8) is 0 Å². The number of aliphatic hydroxyl groups excluding tert-OH is 1. The Balaban J connectivity index is 2.44. The molecule has 2 N–H and O–H groups in total. The lowest BCUT2D eigenvalue weighted by atomic mass is 10.1. The summed E-state index contributed by atoms with van der Waals surface area (Å²) in [6, 6.07) is 7.55. The predicted octanol–water partition coefficient (Wildman–Crippen LogP) is 2.72. The molecule has 0 spiro atoms. The topological polar surface area (TPSA) is 58.6 Å². The molecule has 0 unspecified atom stereocenters. The van der Waals surface area contributed by atoms with Crippen molar-refractivity contribution >= 4 is 12.2 Å². The maximum Gasteiger partial charge on any atom is 0.407 e. The highest BCUT2D eigenvalue weighted by atomic mass is 16.6. The fraction of sp³-hybridized carbons (Fsp3) is 0.400. The van der Waals surface area contributed by atoms with Crippen LogP contribution >= 0.6 is 0 Å². The van der Waals surface area contributed by atoms with Gasteiger partial charge in [0.15, 0.2) is 0 Å². The quantitative estimate of drug-likeness (QED) is 0.878. The molecule has 1 aromatic rings. The SMILES string of the molecule is CC(C)(C)OC(=O)NCC=Cc1ccccc1CO. The van der Waals surface area contributed by atoms with E-state index in [0.29, 0.717) is 6.54 Å². The lowest BCUT2D eigenvalue weighted by Crippen LogP contribution is -2.32. The van der Waals surface area contributed by atoms with Gasteiger partial charge in [-0.3, -0.25) is 0 Å². The van der Waals surface area contributed by atoms with E-state index >= 15 is 0 Å². The molecule has 0 saturated carbocycles. The Kier molecular flexibility index (Phi) is 5.57. The first-order chi connectivity index (χ1) is 8.92. The molecule has 4 heteroatoms. The summed E-state index contributed by atoms with van der Waals surface area (Å²) in [7, 11) is 0. The van der Waals surface area contributed by atoms with Crippen LogP contribution in [0.2, 0.25) is 0 Å². The van der Waals surface area contributed by atoms with Crippen molar-refractivity contribution < 1.29 is 14.6 Å². The van der Waals surface area contributed by atoms with E-state index in [0.717, 1.165) is 11.1 Å². The van der Waals surface area contributed by atoms with Crippen molar-refractivity contribution in [2.75, 3.05) is 6.54 Å². The third-order valence-corrected chi connectivity index (χ3v) is 2.29. The number of hydrogen-bond acceptors (Lipinski definition) is 3. The average molecular weight is 263 g/mol. The normalized spacial score (nSPS) is 11.6. The van der Waals surface area contributed by atoms with E-state index in [-0.39, 0.29) is 6.61 Å². The van der Waals surface area contributed by atoms with Crippen LogP contribution in [0.3, 0.4) is 0 Å². The summed E-state index contributed by atoms with van der Waals surface area (Å²) in [6.45, 7) is 5.84. The smallest absolute Gasteiger partial charge is 0.407 e. The highest BCUT2D eigenvalue weighted by Crippen LogP contribution is 2.10. The zero-order valence-electron chi connectivity index (χ0n) is 11.6. The number of carbonyl (C=O) groups is 1. The second-order valence-electron chi connectivity index (χ2n) is 5.14. The fourth-order valence-corrected chi connectivity index (χ4v) is 1.48. The van der Waals surface area contributed by atoms with Crippen LogP contribution in [0.15, 0.2) is 30.3 Å². The van der Waals surface area contributed by atoms with Crippen LogP contribution < -0.4 is 5.32 Å². The van der Waals surface area contributed by atoms with E-state index in [1.807, 2.05) is 57.2 Å². The van der Waals surface area contributed by atoms with Gasteiger partial charge in [0, 0.05) is 6.54 Å². The number of benzene rings is 1. The number of aliphatic hydroxyl groups is 1. The lowest BCUT2D eigenvalue weighted by Gasteiger charge is -2.19. The van der Waals surface area contributed by atoms with Gasteiger partial charge in [0.05, 0.1) is 6.61 Å². The van der Waals surface area contributed by atoms with E-state index < -0.39 is 11.7 Å². The molecule has 0 atom stereocenters. The van der Waals surface area contributed by atoms with Crippen LogP contribution in [-0.2, 0) is 11.3 Å². The Morgan fingerprint density at radius 1 is 1.37 bits per heavy atom. The molecule has 0 aliphatic carbocycles. The number of rotatable bonds is 4. The minimum atomic E-state index is -0.489. The van der Waals surface area contributed by atoms with Gasteiger partial charge < -0.3 is 15.2 Å². The van der Waals surface area contributed by atoms with Crippen molar-refractivity contribution in [1.29, 1.82) is 0 Å². The van der Waals surface area contributed by atoms with Crippen LogP contribution in [0.25, 0.3) is 6.08 Å². The van der Waals surface area contributed by atoms with E-state index in [2.05, 4.69) is 5.32 Å². The van der Waals surface area contributed by atoms with Crippen molar-refractivity contribution in [1.82, 2.24) is 5.32 Å². The van der Waals surface area contributed by atoms with Gasteiger partial charge in [-0.2, -0.15) is 0 Å². The van der Waals surface area contributed by atoms with Crippen molar-refractivity contribution in [3.8, 4) is 0 Å². The molecule has 0 bridgehead atoms. The van der Waals surface area contributed by atoms with Gasteiger partial charge in [-0.1, -0.05) is 36.4 Å². The Morgan fingerprint density at radius 3 is 2.68 bits per heavy atom. The summed E-state index contributed by atoms with van der Waals surface area (Å²) in [4.78, 5) is 11.4. The molecule has 0 heterocycles. The Morgan fingerprint density at radius 2 is 2.05 bits per heavy atom. The summed E-state index contributed by atoms with van der Waals surface area (Å²) in [5.74, 6) is 0. The monoisotopic (exact) mass is 263 g/mol. The average Bonchev–Trinajstić information content (AvgIpc) is 2.33. The Bertz CT molecular complexity index is 447. The van der Waals surface area contributed by atoms with Crippen LogP contribution in [-0.4, -0.2) is 23.3 Å². The highest BCUT2D eigenvalue weighted by molar-refractivity contribution is 5.68. The van der Waals surface area contributed by atoms with Crippen molar-refractivity contribution in [2.45, 2.75) is 33.0 Å². The van der Waals surface area contributed by atoms with Gasteiger partial charge in [0.2, 0.25) is 0 Å². The molecule has 4 nitrogen and oxygen atoms in total. The van der Waals surface area contributed by atoms with Crippen LogP contribution in [0, 0.1) is 0 Å². The molecule has 0 fully saturated rings. The third-order valence-electron chi connectivity index (χ3n) is 2.29. The number of hydrogen-bond donors (Lipinski definition) is 2. The lowest BCUT2D eigenvalue weighted by molar-refractivity contribution is 0.0534. The molecule has 1 amide bonds. The molecule has 104 valence electrons.